The first-order chi connectivity index (χ1) is 24.4. The maximum Gasteiger partial charge on any atom is 0.337 e. The van der Waals surface area contributed by atoms with E-state index in [9.17, 15) is 40.2 Å². The van der Waals surface area contributed by atoms with E-state index in [0.717, 1.165) is 11.8 Å². The number of aromatic hydroxyl groups is 2. The molecule has 3 heterocycles. The van der Waals surface area contributed by atoms with Crippen molar-refractivity contribution in [3.05, 3.63) is 77.6 Å². The number of aliphatic hydroxyl groups is 4. The second-order valence-electron chi connectivity index (χ2n) is 12.3. The van der Waals surface area contributed by atoms with Crippen molar-refractivity contribution < 1.29 is 68.6 Å². The van der Waals surface area contributed by atoms with E-state index >= 15 is 0 Å². The fraction of sp³-hybridized carbons (Fsp3) is 0.444. The van der Waals surface area contributed by atoms with Gasteiger partial charge in [0.1, 0.15) is 24.4 Å². The van der Waals surface area contributed by atoms with E-state index in [4.69, 9.17) is 28.4 Å². The highest BCUT2D eigenvalue weighted by atomic mass is 16.8. The van der Waals surface area contributed by atoms with E-state index in [1.54, 1.807) is 29.2 Å². The predicted octanol–water partition coefficient (Wildman–Crippen LogP) is 1.29. The van der Waals surface area contributed by atoms with Crippen LogP contribution in [0.1, 0.15) is 29.2 Å². The van der Waals surface area contributed by atoms with Crippen molar-refractivity contribution in [1.82, 2.24) is 4.90 Å². The van der Waals surface area contributed by atoms with Crippen LogP contribution in [-0.2, 0) is 35.0 Å². The number of amides is 1. The van der Waals surface area contributed by atoms with Crippen molar-refractivity contribution in [1.29, 1.82) is 0 Å². The number of esters is 1. The average molecular weight is 714 g/mol. The van der Waals surface area contributed by atoms with Crippen molar-refractivity contribution in [2.24, 2.45) is 11.8 Å². The van der Waals surface area contributed by atoms with E-state index < -0.39 is 67.4 Å². The van der Waals surface area contributed by atoms with Gasteiger partial charge in [-0.2, -0.15) is 0 Å². The smallest absolute Gasteiger partial charge is 0.337 e. The van der Waals surface area contributed by atoms with Gasteiger partial charge in [-0.25, -0.2) is 4.79 Å². The van der Waals surface area contributed by atoms with Gasteiger partial charge in [0, 0.05) is 24.5 Å². The lowest BCUT2D eigenvalue weighted by Crippen LogP contribution is -2.60. The molecule has 15 nitrogen and oxygen atoms in total. The summed E-state index contributed by atoms with van der Waals surface area (Å²) < 4.78 is 32.9. The van der Waals surface area contributed by atoms with E-state index in [-0.39, 0.29) is 47.4 Å². The molecule has 0 radical (unpaired) electrons. The van der Waals surface area contributed by atoms with Gasteiger partial charge in [-0.15, -0.1) is 6.58 Å². The van der Waals surface area contributed by atoms with Crippen LogP contribution in [0.15, 0.2) is 60.9 Å². The Kier molecular flexibility index (Phi) is 11.9. The summed E-state index contributed by atoms with van der Waals surface area (Å²) in [6.07, 6.45) is -3.00. The maximum atomic E-state index is 14.0. The molecule has 0 aromatic heterocycles. The van der Waals surface area contributed by atoms with Gasteiger partial charge in [-0.1, -0.05) is 12.1 Å². The molecule has 0 spiro atoms. The molecule has 0 saturated carbocycles. The van der Waals surface area contributed by atoms with Gasteiger partial charge in [0.05, 0.1) is 45.8 Å². The number of nitrogens with zero attached hydrogens (tertiary/aromatic N) is 1. The SMILES string of the molecule is C=C[C@H]1[C@H](O[C@@H]2O[C@H](CO)[C@@H](O)[C@H](O)[C@H]2O)OC=C(C(=O)OC)[C@@H]1C[C@@H]1c2cc(O)c(OC)cc2CCN1C(=O)/C=C\c1ccc(O)c(OC)c1. The van der Waals surface area contributed by atoms with Gasteiger partial charge in [0.25, 0.3) is 0 Å². The first kappa shape index (κ1) is 37.6. The highest BCUT2D eigenvalue weighted by molar-refractivity contribution is 5.92. The number of hydrogen-bond acceptors (Lipinski definition) is 14. The third-order valence-corrected chi connectivity index (χ3v) is 9.50. The van der Waals surface area contributed by atoms with Gasteiger partial charge in [0.15, 0.2) is 29.3 Å². The van der Waals surface area contributed by atoms with E-state index in [1.807, 2.05) is 0 Å². The molecule has 3 aliphatic rings. The number of phenols is 2. The zero-order valence-electron chi connectivity index (χ0n) is 28.3. The molecule has 3 aliphatic heterocycles. The van der Waals surface area contributed by atoms with Gasteiger partial charge in [-0.05, 0) is 59.9 Å². The Morgan fingerprint density at radius 2 is 1.71 bits per heavy atom. The number of ether oxygens (including phenoxy) is 6. The lowest BCUT2D eigenvalue weighted by molar-refractivity contribution is -0.339. The molecule has 2 aromatic rings. The fourth-order valence-electron chi connectivity index (χ4n) is 6.73. The number of methoxy groups -OCH3 is 3. The summed E-state index contributed by atoms with van der Waals surface area (Å²) in [7, 11) is 4.05. The number of carbonyl (C=O) groups excluding carboxylic acids is 2. The lowest BCUT2D eigenvalue weighted by Gasteiger charge is -2.44. The molecule has 0 bridgehead atoms. The molecule has 0 unspecified atom stereocenters. The molecule has 1 fully saturated rings. The van der Waals surface area contributed by atoms with Crippen LogP contribution in [0.3, 0.4) is 0 Å². The number of phenolic OH excluding ortho intramolecular Hbond substituents is 2. The molecule has 276 valence electrons. The van der Waals surface area contributed by atoms with Crippen LogP contribution >= 0.6 is 0 Å². The molecule has 5 rings (SSSR count). The van der Waals surface area contributed by atoms with E-state index in [1.165, 1.54) is 45.6 Å². The Labute approximate surface area is 294 Å². The molecule has 1 saturated heterocycles. The van der Waals surface area contributed by atoms with Crippen molar-refractivity contribution in [2.45, 2.75) is 55.9 Å². The first-order valence-electron chi connectivity index (χ1n) is 16.2. The number of fused-ring (bicyclic) bond motifs is 1. The Balaban J connectivity index is 1.51. The van der Waals surface area contributed by atoms with Crippen LogP contribution in [0.4, 0.5) is 0 Å². The van der Waals surface area contributed by atoms with Crippen molar-refractivity contribution in [2.75, 3.05) is 34.5 Å². The van der Waals surface area contributed by atoms with E-state index in [0.29, 0.717) is 17.5 Å². The fourth-order valence-corrected chi connectivity index (χ4v) is 6.73. The minimum absolute atomic E-state index is 0.0551. The zero-order chi connectivity index (χ0) is 37.0. The Hall–Kier alpha value is -4.64. The van der Waals surface area contributed by atoms with Crippen LogP contribution < -0.4 is 9.47 Å². The Bertz CT molecular complexity index is 1660. The highest BCUT2D eigenvalue weighted by Gasteiger charge is 2.48. The predicted molar refractivity (Wildman–Crippen MR) is 178 cm³/mol. The Morgan fingerprint density at radius 3 is 2.37 bits per heavy atom. The molecule has 0 aliphatic carbocycles. The molecule has 1 amide bonds. The number of carbonyl (C=O) groups is 2. The summed E-state index contributed by atoms with van der Waals surface area (Å²) in [5.41, 5.74) is 2.11. The van der Waals surface area contributed by atoms with Crippen LogP contribution in [0.2, 0.25) is 0 Å². The Morgan fingerprint density at radius 1 is 0.980 bits per heavy atom. The van der Waals surface area contributed by atoms with Gasteiger partial charge in [-0.3, -0.25) is 4.79 Å². The normalized spacial score (nSPS) is 29.0. The van der Waals surface area contributed by atoms with Crippen LogP contribution in [0.5, 0.6) is 23.0 Å². The summed E-state index contributed by atoms with van der Waals surface area (Å²) >= 11 is 0. The number of rotatable bonds is 11. The number of aliphatic hydroxyl groups excluding tert-OH is 4. The summed E-state index contributed by atoms with van der Waals surface area (Å²) in [6.45, 7) is 3.53. The van der Waals surface area contributed by atoms with Crippen molar-refractivity contribution in [3.8, 4) is 23.0 Å². The monoisotopic (exact) mass is 713 g/mol. The standard InChI is InChI=1S/C36H43NO14/c1-5-20-22(23(34(45)48-4)17-49-35(20)51-36-33(44)32(43)31(42)29(16-38)50-36)14-24-21-15-26(40)28(47-3)13-19(21)10-11-37(24)30(41)9-7-18-6-8-25(39)27(12-18)46-2/h5-9,12-13,15,17,20,22,24,29,31-33,35-36,38-40,42-44H,1,10-11,14,16H2,2-4H3/b9-7-/t20-,22-,24-,29-,31-,32+,33-,35+,36+/m1/s1. The second-order valence-corrected chi connectivity index (χ2v) is 12.3. The number of benzene rings is 2. The van der Waals surface area contributed by atoms with Crippen molar-refractivity contribution in [3.63, 3.8) is 0 Å². The van der Waals surface area contributed by atoms with E-state index in [2.05, 4.69) is 6.58 Å². The molecule has 51 heavy (non-hydrogen) atoms. The first-order valence-corrected chi connectivity index (χ1v) is 16.2. The lowest BCUT2D eigenvalue weighted by atomic mass is 9.76. The average Bonchev–Trinajstić information content (AvgIpc) is 3.14. The highest BCUT2D eigenvalue weighted by Crippen LogP contribution is 2.45. The zero-order valence-corrected chi connectivity index (χ0v) is 28.3. The second kappa shape index (κ2) is 16.1. The van der Waals surface area contributed by atoms with Crippen LogP contribution in [0, 0.1) is 11.8 Å². The summed E-state index contributed by atoms with van der Waals surface area (Å²) in [6, 6.07) is 7.14. The molecule has 9 atom stereocenters. The summed E-state index contributed by atoms with van der Waals surface area (Å²) in [5, 5.41) is 61.7. The van der Waals surface area contributed by atoms with Gasteiger partial charge in [0.2, 0.25) is 12.2 Å². The molecular weight excluding hydrogens is 670 g/mol. The van der Waals surface area contributed by atoms with Crippen LogP contribution in [0.25, 0.3) is 6.08 Å². The van der Waals surface area contributed by atoms with Crippen molar-refractivity contribution >= 4 is 18.0 Å². The molecule has 2 aromatic carbocycles. The molecule has 15 heteroatoms. The molecule has 6 N–H and O–H groups in total. The van der Waals surface area contributed by atoms with Crippen LogP contribution in [-0.4, -0.2) is 119 Å². The quantitative estimate of drug-likeness (QED) is 0.110. The van der Waals surface area contributed by atoms with Gasteiger partial charge < -0.3 is 64.0 Å². The third-order valence-electron chi connectivity index (χ3n) is 9.50. The third kappa shape index (κ3) is 7.68. The topological polar surface area (TPSA) is 214 Å². The van der Waals surface area contributed by atoms with Gasteiger partial charge >= 0.3 is 5.97 Å². The molecular formula is C36H43NO14. The summed E-state index contributed by atoms with van der Waals surface area (Å²) in [5.74, 6) is -2.45. The minimum atomic E-state index is -1.72. The maximum absolute atomic E-state index is 14.0. The minimum Gasteiger partial charge on any atom is -0.504 e. The largest absolute Gasteiger partial charge is 0.504 e. The summed E-state index contributed by atoms with van der Waals surface area (Å²) in [4.78, 5) is 28.7. The number of hydrogen-bond donors (Lipinski definition) is 6.